The van der Waals surface area contributed by atoms with E-state index in [1.54, 1.807) is 7.11 Å². The van der Waals surface area contributed by atoms with Gasteiger partial charge in [0.05, 0.1) is 17.7 Å². The lowest BCUT2D eigenvalue weighted by Gasteiger charge is -2.37. The highest BCUT2D eigenvalue weighted by Gasteiger charge is 2.34. The van der Waals surface area contributed by atoms with Gasteiger partial charge in [-0.2, -0.15) is 0 Å². The van der Waals surface area contributed by atoms with Crippen molar-refractivity contribution in [3.8, 4) is 0 Å². The molecule has 0 aliphatic carbocycles. The predicted octanol–water partition coefficient (Wildman–Crippen LogP) is 2.30. The summed E-state index contributed by atoms with van der Waals surface area (Å²) in [6.07, 6.45) is 0. The molecular formula is C16H29N5O2. The van der Waals surface area contributed by atoms with E-state index in [1.165, 1.54) is 0 Å². The van der Waals surface area contributed by atoms with Crippen molar-refractivity contribution < 1.29 is 9.53 Å². The van der Waals surface area contributed by atoms with Crippen LogP contribution in [0.15, 0.2) is 0 Å². The van der Waals surface area contributed by atoms with Gasteiger partial charge in [0.25, 0.3) is 0 Å². The number of aromatic nitrogens is 3. The first kappa shape index (κ1) is 17.7. The third-order valence-corrected chi connectivity index (χ3v) is 4.90. The van der Waals surface area contributed by atoms with E-state index in [1.807, 2.05) is 32.6 Å². The Morgan fingerprint density at radius 1 is 1.30 bits per heavy atom. The van der Waals surface area contributed by atoms with E-state index in [9.17, 15) is 4.79 Å². The van der Waals surface area contributed by atoms with E-state index in [0.29, 0.717) is 12.5 Å². The van der Waals surface area contributed by atoms with Crippen LogP contribution in [0.3, 0.4) is 0 Å². The molecule has 7 nitrogen and oxygen atoms in total. The molecule has 1 N–H and O–H groups in total. The molecule has 2 amide bonds. The largest absolute Gasteiger partial charge is 0.377 e. The third kappa shape index (κ3) is 3.34. The van der Waals surface area contributed by atoms with Gasteiger partial charge >= 0.3 is 6.03 Å². The zero-order chi connectivity index (χ0) is 17.4. The topological polar surface area (TPSA) is 72.3 Å². The maximum Gasteiger partial charge on any atom is 0.318 e. The minimum absolute atomic E-state index is 0.0875. The van der Waals surface area contributed by atoms with E-state index < -0.39 is 5.60 Å². The molecule has 1 aromatic heterocycles. The number of fused-ring (bicyclic) bond motifs is 1. The van der Waals surface area contributed by atoms with Crippen molar-refractivity contribution in [3.05, 3.63) is 11.6 Å². The van der Waals surface area contributed by atoms with Crippen molar-refractivity contribution >= 4 is 6.03 Å². The summed E-state index contributed by atoms with van der Waals surface area (Å²) in [5.41, 5.74) is -0.417. The highest BCUT2D eigenvalue weighted by Crippen LogP contribution is 2.27. The Morgan fingerprint density at radius 2 is 1.96 bits per heavy atom. The quantitative estimate of drug-likeness (QED) is 0.923. The van der Waals surface area contributed by atoms with Crippen LogP contribution in [0.5, 0.6) is 0 Å². The van der Waals surface area contributed by atoms with Gasteiger partial charge in [0, 0.05) is 26.1 Å². The van der Waals surface area contributed by atoms with Crippen LogP contribution in [0.2, 0.25) is 0 Å². The summed E-state index contributed by atoms with van der Waals surface area (Å²) >= 11 is 0. The Bertz CT molecular complexity index is 567. The number of nitrogens with zero attached hydrogens (tertiary/aromatic N) is 4. The molecule has 130 valence electrons. The van der Waals surface area contributed by atoms with Gasteiger partial charge in [-0.15, -0.1) is 10.2 Å². The molecule has 0 fully saturated rings. The number of methoxy groups -OCH3 is 1. The van der Waals surface area contributed by atoms with Crippen LogP contribution in [0.4, 0.5) is 4.79 Å². The Morgan fingerprint density at radius 3 is 2.52 bits per heavy atom. The lowest BCUT2D eigenvalue weighted by Crippen LogP contribution is -2.54. The van der Waals surface area contributed by atoms with Gasteiger partial charge in [-0.3, -0.25) is 0 Å². The smallest absolute Gasteiger partial charge is 0.318 e. The highest BCUT2D eigenvalue weighted by atomic mass is 16.5. The Kier molecular flexibility index (Phi) is 4.98. The minimum atomic E-state index is -0.417. The van der Waals surface area contributed by atoms with Gasteiger partial charge in [0.15, 0.2) is 5.82 Å². The first-order chi connectivity index (χ1) is 10.7. The summed E-state index contributed by atoms with van der Waals surface area (Å²) in [4.78, 5) is 14.4. The Labute approximate surface area is 138 Å². The number of nitrogens with one attached hydrogen (secondary N) is 1. The van der Waals surface area contributed by atoms with Crippen molar-refractivity contribution in [1.82, 2.24) is 25.0 Å². The highest BCUT2D eigenvalue weighted by molar-refractivity contribution is 5.75. The maximum atomic E-state index is 12.6. The zero-order valence-corrected chi connectivity index (χ0v) is 15.3. The molecule has 2 heterocycles. The Balaban J connectivity index is 2.12. The summed E-state index contributed by atoms with van der Waals surface area (Å²) in [5.74, 6) is 2.17. The van der Waals surface area contributed by atoms with Gasteiger partial charge in [0.1, 0.15) is 5.82 Å². The number of hydrogen-bond donors (Lipinski definition) is 1. The van der Waals surface area contributed by atoms with Gasteiger partial charge < -0.3 is 19.5 Å². The van der Waals surface area contributed by atoms with Crippen LogP contribution in [0.1, 0.15) is 65.2 Å². The average molecular weight is 323 g/mol. The number of carbonyl (C=O) groups excluding carboxylic acids is 1. The maximum absolute atomic E-state index is 12.6. The average Bonchev–Trinajstić information content (AvgIpc) is 2.92. The van der Waals surface area contributed by atoms with Crippen molar-refractivity contribution in [1.29, 1.82) is 0 Å². The van der Waals surface area contributed by atoms with Crippen LogP contribution in [0.25, 0.3) is 0 Å². The Hall–Kier alpha value is -1.63. The summed E-state index contributed by atoms with van der Waals surface area (Å²) in [7, 11) is 1.65. The molecule has 2 atom stereocenters. The van der Waals surface area contributed by atoms with Crippen molar-refractivity contribution in [3.63, 3.8) is 0 Å². The lowest BCUT2D eigenvalue weighted by molar-refractivity contribution is -0.00387. The summed E-state index contributed by atoms with van der Waals surface area (Å²) < 4.78 is 7.58. The minimum Gasteiger partial charge on any atom is -0.377 e. The molecule has 23 heavy (non-hydrogen) atoms. The molecule has 0 saturated carbocycles. The number of carbonyl (C=O) groups is 1. The van der Waals surface area contributed by atoms with E-state index in [0.717, 1.165) is 18.2 Å². The normalized spacial score (nSPS) is 19.7. The van der Waals surface area contributed by atoms with Gasteiger partial charge in [-0.25, -0.2) is 4.79 Å². The SMILES string of the molecule is COC(C)(C)C(C)NC(=O)N1CCn2c(C(C)C)nnc2C1C. The standard InChI is InChI=1S/C16H29N5O2/c1-10(2)13-18-19-14-11(3)20(8-9-21(13)14)15(22)17-12(4)16(5,6)23-7/h10-12H,8-9H2,1-7H3,(H,17,22). The van der Waals surface area contributed by atoms with Gasteiger partial charge in [-0.1, -0.05) is 13.8 Å². The summed E-state index contributed by atoms with van der Waals surface area (Å²) in [6.45, 7) is 13.5. The number of rotatable bonds is 4. The zero-order valence-electron chi connectivity index (χ0n) is 15.3. The second-order valence-electron chi connectivity index (χ2n) is 7.07. The van der Waals surface area contributed by atoms with Crippen LogP contribution in [-0.4, -0.2) is 51.0 Å². The van der Waals surface area contributed by atoms with E-state index in [2.05, 4.69) is 33.9 Å². The molecule has 1 aromatic rings. The van der Waals surface area contributed by atoms with E-state index >= 15 is 0 Å². The fourth-order valence-electron chi connectivity index (χ4n) is 2.73. The fraction of sp³-hybridized carbons (Fsp3) is 0.812. The molecule has 1 aliphatic rings. The van der Waals surface area contributed by atoms with Crippen LogP contribution in [-0.2, 0) is 11.3 Å². The number of ether oxygens (including phenoxy) is 1. The second kappa shape index (κ2) is 6.47. The molecule has 1 aliphatic heterocycles. The number of urea groups is 1. The summed E-state index contributed by atoms with van der Waals surface area (Å²) in [5, 5.41) is 11.6. The molecular weight excluding hydrogens is 294 g/mol. The monoisotopic (exact) mass is 323 g/mol. The first-order valence-electron chi connectivity index (χ1n) is 8.24. The van der Waals surface area contributed by atoms with E-state index in [4.69, 9.17) is 4.74 Å². The molecule has 0 spiro atoms. The molecule has 0 radical (unpaired) electrons. The van der Waals surface area contributed by atoms with Crippen molar-refractivity contribution in [2.24, 2.45) is 0 Å². The van der Waals surface area contributed by atoms with Crippen LogP contribution >= 0.6 is 0 Å². The molecule has 0 aromatic carbocycles. The second-order valence-corrected chi connectivity index (χ2v) is 7.07. The van der Waals surface area contributed by atoms with E-state index in [-0.39, 0.29) is 18.1 Å². The fourth-order valence-corrected chi connectivity index (χ4v) is 2.73. The van der Waals surface area contributed by atoms with Gasteiger partial charge in [0.2, 0.25) is 0 Å². The predicted molar refractivity (Wildman–Crippen MR) is 88.3 cm³/mol. The van der Waals surface area contributed by atoms with Crippen molar-refractivity contribution in [2.75, 3.05) is 13.7 Å². The third-order valence-electron chi connectivity index (χ3n) is 4.90. The molecule has 0 saturated heterocycles. The summed E-state index contributed by atoms with van der Waals surface area (Å²) in [6, 6.07) is -0.282. The van der Waals surface area contributed by atoms with Crippen LogP contribution in [0, 0.1) is 0 Å². The number of amides is 2. The molecule has 7 heteroatoms. The lowest BCUT2D eigenvalue weighted by atomic mass is 10.0. The number of hydrogen-bond acceptors (Lipinski definition) is 4. The molecule has 0 bridgehead atoms. The van der Waals surface area contributed by atoms with Gasteiger partial charge in [-0.05, 0) is 27.7 Å². The van der Waals surface area contributed by atoms with Crippen LogP contribution < -0.4 is 5.32 Å². The molecule has 2 rings (SSSR count). The first-order valence-corrected chi connectivity index (χ1v) is 8.24. The van der Waals surface area contributed by atoms with Crippen molar-refractivity contribution in [2.45, 2.75) is 71.7 Å². The molecule has 2 unspecified atom stereocenters.